The second kappa shape index (κ2) is 48.8. The summed E-state index contributed by atoms with van der Waals surface area (Å²) in [6, 6.07) is -11.3. The van der Waals surface area contributed by atoms with Gasteiger partial charge in [0.15, 0.2) is 0 Å². The number of amides is 12. The predicted molar refractivity (Wildman–Crippen MR) is 389 cm³/mol. The zero-order valence-electron chi connectivity index (χ0n) is 62.7. The monoisotopic (exact) mass is 1460 g/mol. The number of unbranched alkanes of at least 4 members (excludes halogenated alkanes) is 4. The minimum Gasteiger partial charge on any atom is -0.508 e. The Hall–Kier alpha value is -8.11. The van der Waals surface area contributed by atoms with Crippen LogP contribution < -0.4 is 92.5 Å². The van der Waals surface area contributed by atoms with Gasteiger partial charge in [-0.2, -0.15) is 0 Å². The highest BCUT2D eigenvalue weighted by molar-refractivity contribution is 6.00. The number of benzene rings is 1. The molecule has 12 amide bonds. The molecular formula is C70H125N17O16. The molecule has 0 aliphatic rings. The zero-order valence-corrected chi connectivity index (χ0v) is 62.7. The number of hydrogen-bond acceptors (Lipinski definition) is 20. The number of phenolic OH excluding ortho intramolecular Hbond substituents is 1. The number of hydrogen-bond donors (Lipinski definition) is 20. The Morgan fingerprint density at radius 2 is 0.631 bits per heavy atom. The maximum Gasteiger partial charge on any atom is 0.326 e. The first kappa shape index (κ1) is 92.9. The molecule has 33 heteroatoms. The van der Waals surface area contributed by atoms with Crippen molar-refractivity contribution >= 4 is 76.9 Å². The van der Waals surface area contributed by atoms with Crippen molar-refractivity contribution in [3.8, 4) is 5.75 Å². The summed E-state index contributed by atoms with van der Waals surface area (Å²) in [7, 11) is 0. The van der Waals surface area contributed by atoms with Gasteiger partial charge >= 0.3 is 5.97 Å². The molecule has 0 radical (unpaired) electrons. The van der Waals surface area contributed by atoms with E-state index in [0.29, 0.717) is 83.0 Å². The lowest BCUT2D eigenvalue weighted by molar-refractivity contribution is -0.143. The molecule has 103 heavy (non-hydrogen) atoms. The van der Waals surface area contributed by atoms with Gasteiger partial charge in [0.25, 0.3) is 0 Å². The first-order valence-corrected chi connectivity index (χ1v) is 36.2. The number of aliphatic hydroxyl groups is 1. The molecule has 0 aliphatic carbocycles. The van der Waals surface area contributed by atoms with E-state index in [1.165, 1.54) is 45.0 Å². The van der Waals surface area contributed by atoms with Gasteiger partial charge in [0.1, 0.15) is 78.3 Å². The third kappa shape index (κ3) is 35.3. The minimum atomic E-state index is -1.77. The average Bonchev–Trinajstić information content (AvgIpc) is 0.848. The quantitative estimate of drug-likeness (QED) is 0.0319. The van der Waals surface area contributed by atoms with Crippen LogP contribution in [0.25, 0.3) is 0 Å². The first-order chi connectivity index (χ1) is 48.3. The third-order valence-corrected chi connectivity index (χ3v) is 17.0. The van der Waals surface area contributed by atoms with E-state index in [0.717, 1.165) is 0 Å². The smallest absolute Gasteiger partial charge is 0.326 e. The number of aliphatic carboxylic acids is 1. The predicted octanol–water partition coefficient (Wildman–Crippen LogP) is -1.84. The van der Waals surface area contributed by atoms with E-state index in [2.05, 4.69) is 63.8 Å². The van der Waals surface area contributed by atoms with Gasteiger partial charge in [-0.15, -0.1) is 0 Å². The Morgan fingerprint density at radius 3 is 1.00 bits per heavy atom. The summed E-state index contributed by atoms with van der Waals surface area (Å²) >= 11 is 0. The third-order valence-electron chi connectivity index (χ3n) is 17.0. The number of aromatic hydroxyl groups is 1. The second-order valence-corrected chi connectivity index (χ2v) is 28.5. The van der Waals surface area contributed by atoms with E-state index in [9.17, 15) is 77.6 Å². The average molecular weight is 1460 g/mol. The number of rotatable bonds is 51. The number of carbonyl (C=O) groups excluding carboxylic acids is 12. The fourth-order valence-electron chi connectivity index (χ4n) is 10.8. The van der Waals surface area contributed by atoms with E-state index in [1.54, 1.807) is 69.2 Å². The van der Waals surface area contributed by atoms with Crippen LogP contribution in [-0.4, -0.2) is 203 Å². The van der Waals surface area contributed by atoms with E-state index in [-0.39, 0.29) is 62.7 Å². The van der Waals surface area contributed by atoms with Gasteiger partial charge in [0.2, 0.25) is 70.9 Å². The topological polar surface area (TPSA) is 557 Å². The number of carbonyl (C=O) groups is 13. The van der Waals surface area contributed by atoms with Crippen LogP contribution in [-0.2, 0) is 68.7 Å². The molecule has 0 bridgehead atoms. The van der Waals surface area contributed by atoms with Crippen LogP contribution in [0, 0.1) is 29.6 Å². The highest BCUT2D eigenvalue weighted by Crippen LogP contribution is 2.17. The van der Waals surface area contributed by atoms with Crippen LogP contribution >= 0.6 is 0 Å². The summed E-state index contributed by atoms with van der Waals surface area (Å²) in [5, 5.41) is 62.1. The summed E-state index contributed by atoms with van der Waals surface area (Å²) in [5.41, 5.74) is 29.5. The number of phenols is 1. The lowest BCUT2D eigenvalue weighted by atomic mass is 9.98. The SMILES string of the molecule is CC(C)C[C@H](NC(=O)[C@@H](NC(=O)[C@H](CCCCN)NC(=O)[C@H](CCCCN)NC(=O)[C@H](CCCCN)NC(=O)[C@@H](N)CCCCN)C(C)C)C(=O)N[C@@H](C)C(=O)N[C@@H](C)C(=O)N[C@H](C(=O)N[C@@H](Cc1ccc(O)cc1)C(=O)N[C@H](C(=O)N[C@@H](CC(C)C)C(=O)N[C@H](C(=O)O)C(C)C)C(C)C)[C@@H](C)O. The summed E-state index contributed by atoms with van der Waals surface area (Å²) in [4.78, 5) is 180. The molecule has 25 N–H and O–H groups in total. The van der Waals surface area contributed by atoms with Crippen molar-refractivity contribution in [3.63, 3.8) is 0 Å². The molecule has 1 rings (SSSR count). The Morgan fingerprint density at radius 1 is 0.340 bits per heavy atom. The van der Waals surface area contributed by atoms with Gasteiger partial charge < -0.3 is 108 Å². The lowest BCUT2D eigenvalue weighted by Crippen LogP contribution is -2.62. The molecule has 0 saturated carbocycles. The van der Waals surface area contributed by atoms with Crippen LogP contribution in [0.4, 0.5) is 0 Å². The van der Waals surface area contributed by atoms with Crippen molar-refractivity contribution in [2.24, 2.45) is 58.3 Å². The van der Waals surface area contributed by atoms with Crippen molar-refractivity contribution in [1.82, 2.24) is 63.8 Å². The van der Waals surface area contributed by atoms with Gasteiger partial charge in [-0.3, -0.25) is 57.5 Å². The molecule has 14 atom stereocenters. The maximum absolute atomic E-state index is 14.4. The maximum atomic E-state index is 14.4. The number of carboxylic acid groups (broad SMARTS) is 1. The van der Waals surface area contributed by atoms with Gasteiger partial charge in [0.05, 0.1) is 12.1 Å². The highest BCUT2D eigenvalue weighted by Gasteiger charge is 2.39. The molecule has 0 aromatic heterocycles. The summed E-state index contributed by atoms with van der Waals surface area (Å²) in [6.45, 7) is 22.0. The summed E-state index contributed by atoms with van der Waals surface area (Å²) < 4.78 is 0. The van der Waals surface area contributed by atoms with Gasteiger partial charge in [0, 0.05) is 6.42 Å². The van der Waals surface area contributed by atoms with Crippen LogP contribution in [0.3, 0.4) is 0 Å². The Bertz CT molecular complexity index is 2860. The Labute approximate surface area is 607 Å². The van der Waals surface area contributed by atoms with E-state index < -0.39 is 179 Å². The molecule has 0 saturated heterocycles. The first-order valence-electron chi connectivity index (χ1n) is 36.2. The fourth-order valence-corrected chi connectivity index (χ4v) is 10.8. The van der Waals surface area contributed by atoms with Crippen molar-refractivity contribution in [2.45, 2.75) is 271 Å². The van der Waals surface area contributed by atoms with Gasteiger partial charge in [-0.25, -0.2) is 4.79 Å². The van der Waals surface area contributed by atoms with E-state index in [1.807, 2.05) is 0 Å². The molecule has 0 unspecified atom stereocenters. The molecule has 0 heterocycles. The van der Waals surface area contributed by atoms with Crippen molar-refractivity contribution in [3.05, 3.63) is 29.8 Å². The summed E-state index contributed by atoms with van der Waals surface area (Å²) in [6.07, 6.45) is 2.98. The van der Waals surface area contributed by atoms with Crippen LogP contribution in [0.2, 0.25) is 0 Å². The molecule has 586 valence electrons. The van der Waals surface area contributed by atoms with Crippen LogP contribution in [0.15, 0.2) is 24.3 Å². The van der Waals surface area contributed by atoms with Crippen molar-refractivity contribution in [1.29, 1.82) is 0 Å². The normalized spacial score (nSPS) is 15.6. The molecular weight excluding hydrogens is 1330 g/mol. The fraction of sp³-hybridized carbons (Fsp3) is 0.729. The van der Waals surface area contributed by atoms with E-state index >= 15 is 0 Å². The summed E-state index contributed by atoms with van der Waals surface area (Å²) in [5.74, 6) is -13.2. The zero-order chi connectivity index (χ0) is 78.4. The number of nitrogens with one attached hydrogen (secondary N) is 12. The molecule has 0 fully saturated rings. The molecule has 0 aliphatic heterocycles. The van der Waals surface area contributed by atoms with Crippen LogP contribution in [0.5, 0.6) is 5.75 Å². The minimum absolute atomic E-state index is 0.0427. The number of carboxylic acids is 1. The standard InChI is InChI=1S/C70H125N17O16/c1-37(2)34-51(81-67(99)54(39(5)6)84-63(95)50(25-17-21-33-74)80-62(94)49(24-16-20-32-73)79-61(93)48(23-15-19-31-72)78-60(92)47(75)22-14-18-30-71)64(96)77-42(11)58(90)76-43(12)59(91)87-57(44(13)88)69(101)83-53(36-45-26-28-46(89)29-27-45)66(98)85-55(40(7)8)68(100)82-52(35-38(3)4)65(97)86-56(41(9)10)70(102)103/h26-29,37-44,47-57,88-89H,14-25,30-36,71-75H2,1-13H3,(H,76,90)(H,77,96)(H,78,92)(H,79,93)(H,80,94)(H,81,99)(H,82,100)(H,83,101)(H,84,95)(H,85,98)(H,86,97)(H,87,91)(H,102,103)/t42-,43-,44+,47-,48-,49-,50-,51-,52-,53-,54-,55-,56-,57-/m0/s1. The Balaban J connectivity index is 3.42. The largest absolute Gasteiger partial charge is 0.508 e. The van der Waals surface area contributed by atoms with Gasteiger partial charge in [-0.1, -0.05) is 87.8 Å². The molecule has 33 nitrogen and oxygen atoms in total. The Kier molecular flexibility index (Phi) is 44.0. The number of aliphatic hydroxyl groups excluding tert-OH is 1. The van der Waals surface area contributed by atoms with Gasteiger partial charge in [-0.05, 0) is 178 Å². The second-order valence-electron chi connectivity index (χ2n) is 28.5. The van der Waals surface area contributed by atoms with Crippen molar-refractivity contribution < 1.29 is 77.6 Å². The van der Waals surface area contributed by atoms with E-state index in [4.69, 9.17) is 28.7 Å². The highest BCUT2D eigenvalue weighted by atomic mass is 16.4. The van der Waals surface area contributed by atoms with Crippen LogP contribution in [0.1, 0.15) is 185 Å². The molecule has 1 aromatic carbocycles. The number of nitrogens with two attached hydrogens (primary N) is 5. The lowest BCUT2D eigenvalue weighted by Gasteiger charge is -2.30. The van der Waals surface area contributed by atoms with Crippen molar-refractivity contribution in [2.75, 3.05) is 26.2 Å². The molecule has 0 spiro atoms. The molecule has 1 aromatic rings.